The van der Waals surface area contributed by atoms with Crippen molar-refractivity contribution in [2.75, 3.05) is 26.4 Å². The molecule has 0 heterocycles. The van der Waals surface area contributed by atoms with Gasteiger partial charge in [0.1, 0.15) is 6.10 Å². The molecule has 98 valence electrons. The van der Waals surface area contributed by atoms with Crippen molar-refractivity contribution in [2.45, 2.75) is 45.7 Å². The van der Waals surface area contributed by atoms with Crippen LogP contribution in [0.25, 0.3) is 0 Å². The third kappa shape index (κ3) is 5.23. The van der Waals surface area contributed by atoms with Crippen LogP contribution in [0, 0.1) is 0 Å². The fourth-order valence-electron chi connectivity index (χ4n) is 1.52. The number of nitrogens with two attached hydrogens (primary N) is 1. The molecule has 0 saturated heterocycles. The van der Waals surface area contributed by atoms with Crippen LogP contribution >= 0.6 is 0 Å². The fourth-order valence-corrected chi connectivity index (χ4v) is 1.52. The Morgan fingerprint density at radius 3 is 2.06 bits per heavy atom. The van der Waals surface area contributed by atoms with Gasteiger partial charge < -0.3 is 25.1 Å². The summed E-state index contributed by atoms with van der Waals surface area (Å²) in [6.07, 6.45) is 0.870. The Balaban J connectivity index is 4.49. The third-order valence-electron chi connectivity index (χ3n) is 2.15. The minimum atomic E-state index is -1.66. The zero-order valence-electron chi connectivity index (χ0n) is 10.6. The zero-order valence-corrected chi connectivity index (χ0v) is 10.6. The summed E-state index contributed by atoms with van der Waals surface area (Å²) >= 11 is 0. The largest absolute Gasteiger partial charge is 0.370 e. The number of hydrogen-bond donors (Lipinski definition) is 2. The summed E-state index contributed by atoms with van der Waals surface area (Å²) in [5, 5.41) is 10.2. The second-order valence-corrected chi connectivity index (χ2v) is 3.37. The van der Waals surface area contributed by atoms with E-state index in [0.717, 1.165) is 6.42 Å². The molecule has 0 saturated carbocycles. The highest BCUT2D eigenvalue weighted by Crippen LogP contribution is 2.22. The lowest BCUT2D eigenvalue weighted by atomic mass is 10.1. The normalized spacial score (nSPS) is 14.1. The summed E-state index contributed by atoms with van der Waals surface area (Å²) in [4.78, 5) is 0. The highest BCUT2D eigenvalue weighted by Gasteiger charge is 2.39. The van der Waals surface area contributed by atoms with Crippen molar-refractivity contribution < 1.29 is 19.3 Å². The van der Waals surface area contributed by atoms with E-state index >= 15 is 0 Å². The van der Waals surface area contributed by atoms with Crippen molar-refractivity contribution in [1.29, 1.82) is 0 Å². The smallest absolute Gasteiger partial charge is 0.308 e. The van der Waals surface area contributed by atoms with Crippen LogP contribution in [0.3, 0.4) is 0 Å². The monoisotopic (exact) mass is 235 g/mol. The fraction of sp³-hybridized carbons (Fsp3) is 1.00. The molecule has 16 heavy (non-hydrogen) atoms. The standard InChI is InChI=1S/C11H25NO4/c1-4-14-10(8-7-9-12)11(13,15-5-2)16-6-3/h10,13H,4-9,12H2,1-3H3. The van der Waals surface area contributed by atoms with Gasteiger partial charge in [-0.2, -0.15) is 0 Å². The van der Waals surface area contributed by atoms with Crippen molar-refractivity contribution in [2.24, 2.45) is 5.73 Å². The van der Waals surface area contributed by atoms with Crippen LogP contribution < -0.4 is 5.73 Å². The van der Waals surface area contributed by atoms with Crippen molar-refractivity contribution in [3.05, 3.63) is 0 Å². The van der Waals surface area contributed by atoms with E-state index < -0.39 is 12.1 Å². The molecule has 0 fully saturated rings. The Kier molecular flexibility index (Phi) is 8.78. The number of aliphatic hydroxyl groups is 1. The molecule has 3 N–H and O–H groups in total. The molecular weight excluding hydrogens is 210 g/mol. The molecule has 0 aromatic carbocycles. The molecule has 5 heteroatoms. The van der Waals surface area contributed by atoms with Gasteiger partial charge in [-0.25, -0.2) is 0 Å². The lowest BCUT2D eigenvalue weighted by molar-refractivity contribution is -0.398. The van der Waals surface area contributed by atoms with Crippen molar-refractivity contribution in [3.63, 3.8) is 0 Å². The zero-order chi connectivity index (χ0) is 12.4. The number of rotatable bonds is 10. The van der Waals surface area contributed by atoms with Crippen LogP contribution in [0.5, 0.6) is 0 Å². The minimum Gasteiger partial charge on any atom is -0.370 e. The Labute approximate surface area is 97.9 Å². The van der Waals surface area contributed by atoms with Crippen LogP contribution in [0.2, 0.25) is 0 Å². The maximum absolute atomic E-state index is 10.2. The first kappa shape index (κ1) is 15.8. The minimum absolute atomic E-state index is 0.364. The highest BCUT2D eigenvalue weighted by molar-refractivity contribution is 4.70. The van der Waals surface area contributed by atoms with Crippen LogP contribution in [0.4, 0.5) is 0 Å². The molecule has 5 nitrogen and oxygen atoms in total. The predicted molar refractivity (Wildman–Crippen MR) is 61.9 cm³/mol. The average Bonchev–Trinajstić information content (AvgIpc) is 2.24. The molecule has 0 aliphatic carbocycles. The molecule has 0 bridgehead atoms. The second-order valence-electron chi connectivity index (χ2n) is 3.37. The van der Waals surface area contributed by atoms with Gasteiger partial charge in [-0.3, -0.25) is 0 Å². The Morgan fingerprint density at radius 2 is 1.69 bits per heavy atom. The Hall–Kier alpha value is -0.200. The SMILES string of the molecule is CCOC(CCCN)C(O)(OCC)OCC. The van der Waals surface area contributed by atoms with Gasteiger partial charge in [0.2, 0.25) is 0 Å². The van der Waals surface area contributed by atoms with Crippen molar-refractivity contribution >= 4 is 0 Å². The first-order chi connectivity index (χ1) is 7.64. The molecule has 0 aromatic heterocycles. The average molecular weight is 235 g/mol. The number of hydrogen-bond acceptors (Lipinski definition) is 5. The second kappa shape index (κ2) is 8.90. The van der Waals surface area contributed by atoms with E-state index in [1.54, 1.807) is 13.8 Å². The first-order valence-electron chi connectivity index (χ1n) is 5.96. The Bertz CT molecular complexity index is 160. The van der Waals surface area contributed by atoms with Gasteiger partial charge in [0, 0.05) is 19.8 Å². The van der Waals surface area contributed by atoms with E-state index in [0.29, 0.717) is 32.8 Å². The van der Waals surface area contributed by atoms with Crippen molar-refractivity contribution in [1.82, 2.24) is 0 Å². The molecule has 0 rings (SSSR count). The molecule has 0 amide bonds. The molecule has 0 aliphatic rings. The molecule has 1 unspecified atom stereocenters. The van der Waals surface area contributed by atoms with Crippen LogP contribution in [0.15, 0.2) is 0 Å². The summed E-state index contributed by atoms with van der Waals surface area (Å²) in [6.45, 7) is 7.25. The van der Waals surface area contributed by atoms with Gasteiger partial charge in [-0.15, -0.1) is 0 Å². The molecular formula is C11H25NO4. The molecule has 0 aliphatic heterocycles. The first-order valence-corrected chi connectivity index (χ1v) is 5.96. The summed E-state index contributed by atoms with van der Waals surface area (Å²) < 4.78 is 16.0. The van der Waals surface area contributed by atoms with E-state index in [1.165, 1.54) is 0 Å². The molecule has 0 radical (unpaired) electrons. The van der Waals surface area contributed by atoms with E-state index in [2.05, 4.69) is 0 Å². The van der Waals surface area contributed by atoms with E-state index in [9.17, 15) is 5.11 Å². The maximum Gasteiger partial charge on any atom is 0.308 e. The van der Waals surface area contributed by atoms with Crippen LogP contribution in [-0.4, -0.2) is 43.5 Å². The molecule has 1 atom stereocenters. The predicted octanol–water partition coefficient (Wildman–Crippen LogP) is 0.849. The maximum atomic E-state index is 10.2. The van der Waals surface area contributed by atoms with E-state index in [1.807, 2.05) is 6.92 Å². The summed E-state index contributed by atoms with van der Waals surface area (Å²) in [6, 6.07) is 0. The quantitative estimate of drug-likeness (QED) is 0.549. The van der Waals surface area contributed by atoms with Gasteiger partial charge in [0.05, 0.1) is 0 Å². The van der Waals surface area contributed by atoms with Gasteiger partial charge >= 0.3 is 5.97 Å². The lowest BCUT2D eigenvalue weighted by Crippen LogP contribution is -2.49. The van der Waals surface area contributed by atoms with E-state index in [4.69, 9.17) is 19.9 Å². The van der Waals surface area contributed by atoms with Crippen molar-refractivity contribution in [3.8, 4) is 0 Å². The summed E-state index contributed by atoms with van der Waals surface area (Å²) in [5.74, 6) is -1.66. The summed E-state index contributed by atoms with van der Waals surface area (Å²) in [7, 11) is 0. The molecule has 0 spiro atoms. The lowest BCUT2D eigenvalue weighted by Gasteiger charge is -2.34. The van der Waals surface area contributed by atoms with Gasteiger partial charge in [-0.05, 0) is 40.2 Å². The third-order valence-corrected chi connectivity index (χ3v) is 2.15. The van der Waals surface area contributed by atoms with Crippen LogP contribution in [0.1, 0.15) is 33.6 Å². The topological polar surface area (TPSA) is 73.9 Å². The van der Waals surface area contributed by atoms with E-state index in [-0.39, 0.29) is 0 Å². The Morgan fingerprint density at radius 1 is 1.12 bits per heavy atom. The summed E-state index contributed by atoms with van der Waals surface area (Å²) in [5.41, 5.74) is 5.45. The number of ether oxygens (including phenoxy) is 3. The van der Waals surface area contributed by atoms with Gasteiger partial charge in [0.25, 0.3) is 0 Å². The van der Waals surface area contributed by atoms with Crippen LogP contribution in [-0.2, 0) is 14.2 Å². The molecule has 0 aromatic rings. The van der Waals surface area contributed by atoms with Gasteiger partial charge in [-0.1, -0.05) is 0 Å². The van der Waals surface area contributed by atoms with Gasteiger partial charge in [0.15, 0.2) is 0 Å². The highest BCUT2D eigenvalue weighted by atomic mass is 16.8.